The van der Waals surface area contributed by atoms with Gasteiger partial charge in [0.25, 0.3) is 5.91 Å². The molecule has 134 valence electrons. The van der Waals surface area contributed by atoms with Gasteiger partial charge in [-0.3, -0.25) is 4.79 Å². The van der Waals surface area contributed by atoms with Crippen molar-refractivity contribution in [1.82, 2.24) is 5.32 Å². The van der Waals surface area contributed by atoms with Crippen molar-refractivity contribution in [3.8, 4) is 5.75 Å². The molecule has 2 rings (SSSR count). The molecule has 0 fully saturated rings. The molecule has 6 heteroatoms. The standard InChI is InChI=1S/C19H23NO4S/c1-4-7-14-10-17(25-13(14)2)19(22)24-12-18(21)20-11-15-8-5-6-9-16(15)23-3/h5-6,8-10H,4,7,11-12H2,1-3H3,(H,20,21). The van der Waals surface area contributed by atoms with Crippen molar-refractivity contribution in [3.63, 3.8) is 0 Å². The maximum atomic E-state index is 12.1. The van der Waals surface area contributed by atoms with Crippen LogP contribution in [0.1, 0.15) is 39.0 Å². The number of rotatable bonds is 8. The molecule has 0 bridgehead atoms. The molecule has 0 spiro atoms. The second-order valence-electron chi connectivity index (χ2n) is 5.61. The number of hydrogen-bond donors (Lipinski definition) is 1. The van der Waals surface area contributed by atoms with Crippen molar-refractivity contribution in [2.24, 2.45) is 0 Å². The first-order chi connectivity index (χ1) is 12.0. The molecule has 0 saturated heterocycles. The van der Waals surface area contributed by atoms with Crippen LogP contribution in [-0.2, 0) is 22.5 Å². The van der Waals surface area contributed by atoms with E-state index in [1.54, 1.807) is 7.11 Å². The van der Waals surface area contributed by atoms with E-state index in [2.05, 4.69) is 12.2 Å². The Labute approximate surface area is 152 Å². The van der Waals surface area contributed by atoms with Gasteiger partial charge in [0.2, 0.25) is 0 Å². The molecular formula is C19H23NO4S. The zero-order valence-corrected chi connectivity index (χ0v) is 15.6. The highest BCUT2D eigenvalue weighted by atomic mass is 32.1. The maximum absolute atomic E-state index is 12.1. The van der Waals surface area contributed by atoms with E-state index >= 15 is 0 Å². The Hall–Kier alpha value is -2.34. The number of carbonyl (C=O) groups is 2. The number of benzene rings is 1. The van der Waals surface area contributed by atoms with Crippen molar-refractivity contribution in [1.29, 1.82) is 0 Å². The lowest BCUT2D eigenvalue weighted by atomic mass is 10.1. The SMILES string of the molecule is CCCc1cc(C(=O)OCC(=O)NCc2ccccc2OC)sc1C. The summed E-state index contributed by atoms with van der Waals surface area (Å²) in [7, 11) is 1.58. The first kappa shape index (κ1) is 19.0. The highest BCUT2D eigenvalue weighted by molar-refractivity contribution is 7.14. The Bertz CT molecular complexity index is 739. The van der Waals surface area contributed by atoms with Crippen LogP contribution in [0.25, 0.3) is 0 Å². The quantitative estimate of drug-likeness (QED) is 0.731. The molecule has 0 atom stereocenters. The van der Waals surface area contributed by atoms with Gasteiger partial charge >= 0.3 is 5.97 Å². The van der Waals surface area contributed by atoms with Crippen LogP contribution in [0.2, 0.25) is 0 Å². The molecule has 0 aliphatic rings. The molecule has 25 heavy (non-hydrogen) atoms. The number of nitrogens with one attached hydrogen (secondary N) is 1. The lowest BCUT2D eigenvalue weighted by molar-refractivity contribution is -0.124. The molecule has 0 saturated carbocycles. The van der Waals surface area contributed by atoms with Crippen LogP contribution < -0.4 is 10.1 Å². The highest BCUT2D eigenvalue weighted by Crippen LogP contribution is 2.23. The van der Waals surface area contributed by atoms with Crippen LogP contribution >= 0.6 is 11.3 Å². The van der Waals surface area contributed by atoms with Gasteiger partial charge in [-0.25, -0.2) is 4.79 Å². The van der Waals surface area contributed by atoms with Crippen molar-refractivity contribution < 1.29 is 19.1 Å². The average Bonchev–Trinajstić information content (AvgIpc) is 2.99. The number of methoxy groups -OCH3 is 1. The van der Waals surface area contributed by atoms with Gasteiger partial charge in [-0.1, -0.05) is 31.5 Å². The van der Waals surface area contributed by atoms with E-state index in [0.29, 0.717) is 17.2 Å². The van der Waals surface area contributed by atoms with E-state index in [9.17, 15) is 9.59 Å². The Morgan fingerprint density at radius 1 is 1.20 bits per heavy atom. The molecule has 1 N–H and O–H groups in total. The third kappa shape index (κ3) is 5.32. The minimum atomic E-state index is -0.456. The van der Waals surface area contributed by atoms with E-state index in [1.165, 1.54) is 16.9 Å². The van der Waals surface area contributed by atoms with Gasteiger partial charge in [-0.2, -0.15) is 0 Å². The Morgan fingerprint density at radius 3 is 2.68 bits per heavy atom. The third-order valence-electron chi connectivity index (χ3n) is 3.74. The molecular weight excluding hydrogens is 338 g/mol. The molecule has 1 amide bonds. The lowest BCUT2D eigenvalue weighted by Crippen LogP contribution is -2.28. The van der Waals surface area contributed by atoms with E-state index in [0.717, 1.165) is 23.3 Å². The van der Waals surface area contributed by atoms with Crippen molar-refractivity contribution in [2.45, 2.75) is 33.2 Å². The summed E-state index contributed by atoms with van der Waals surface area (Å²) in [6.45, 7) is 4.11. The normalized spacial score (nSPS) is 10.4. The summed E-state index contributed by atoms with van der Waals surface area (Å²) in [5.74, 6) is -0.0958. The Morgan fingerprint density at radius 2 is 1.96 bits per heavy atom. The van der Waals surface area contributed by atoms with Gasteiger partial charge in [0.05, 0.1) is 7.11 Å². The summed E-state index contributed by atoms with van der Waals surface area (Å²) in [5.41, 5.74) is 2.03. The van der Waals surface area contributed by atoms with Crippen molar-refractivity contribution in [3.05, 3.63) is 51.2 Å². The molecule has 0 aliphatic heterocycles. The zero-order valence-electron chi connectivity index (χ0n) is 14.8. The molecule has 1 heterocycles. The van der Waals surface area contributed by atoms with E-state index in [1.807, 2.05) is 37.3 Å². The van der Waals surface area contributed by atoms with Gasteiger partial charge in [-0.05, 0) is 31.0 Å². The fraction of sp³-hybridized carbons (Fsp3) is 0.368. The van der Waals surface area contributed by atoms with Crippen LogP contribution in [0.15, 0.2) is 30.3 Å². The first-order valence-electron chi connectivity index (χ1n) is 8.20. The molecule has 5 nitrogen and oxygen atoms in total. The summed E-state index contributed by atoms with van der Waals surface area (Å²) in [6.07, 6.45) is 1.96. The van der Waals surface area contributed by atoms with Gasteiger partial charge in [-0.15, -0.1) is 11.3 Å². The summed E-state index contributed by atoms with van der Waals surface area (Å²) in [5, 5.41) is 2.72. The Balaban J connectivity index is 1.83. The van der Waals surface area contributed by atoms with Crippen LogP contribution in [0, 0.1) is 6.92 Å². The van der Waals surface area contributed by atoms with Gasteiger partial charge < -0.3 is 14.8 Å². The molecule has 0 radical (unpaired) electrons. The van der Waals surface area contributed by atoms with E-state index in [4.69, 9.17) is 9.47 Å². The minimum absolute atomic E-state index is 0.298. The predicted molar refractivity (Wildman–Crippen MR) is 98.2 cm³/mol. The average molecular weight is 361 g/mol. The molecule has 1 aromatic heterocycles. The lowest BCUT2D eigenvalue weighted by Gasteiger charge is -2.09. The number of aryl methyl sites for hydroxylation is 2. The number of ether oxygens (including phenoxy) is 2. The largest absolute Gasteiger partial charge is 0.496 e. The second kappa shape index (κ2) is 9.22. The summed E-state index contributed by atoms with van der Waals surface area (Å²) >= 11 is 1.41. The highest BCUT2D eigenvalue weighted by Gasteiger charge is 2.15. The Kier molecular flexibility index (Phi) is 7.01. The predicted octanol–water partition coefficient (Wildman–Crippen LogP) is 3.49. The fourth-order valence-corrected chi connectivity index (χ4v) is 3.40. The summed E-state index contributed by atoms with van der Waals surface area (Å²) in [6, 6.07) is 9.29. The topological polar surface area (TPSA) is 64.6 Å². The van der Waals surface area contributed by atoms with E-state index < -0.39 is 5.97 Å². The van der Waals surface area contributed by atoms with Gasteiger partial charge in [0, 0.05) is 17.0 Å². The van der Waals surface area contributed by atoms with Crippen molar-refractivity contribution in [2.75, 3.05) is 13.7 Å². The van der Waals surface area contributed by atoms with Crippen LogP contribution in [0.5, 0.6) is 5.75 Å². The zero-order chi connectivity index (χ0) is 18.2. The number of hydrogen-bond acceptors (Lipinski definition) is 5. The molecule has 1 aromatic carbocycles. The fourth-order valence-electron chi connectivity index (χ4n) is 2.43. The minimum Gasteiger partial charge on any atom is -0.496 e. The number of para-hydroxylation sites is 1. The second-order valence-corrected chi connectivity index (χ2v) is 6.86. The number of thiophene rings is 1. The summed E-state index contributed by atoms with van der Waals surface area (Å²) in [4.78, 5) is 25.6. The van der Waals surface area contributed by atoms with Crippen LogP contribution in [-0.4, -0.2) is 25.6 Å². The van der Waals surface area contributed by atoms with Crippen LogP contribution in [0.3, 0.4) is 0 Å². The molecule has 0 unspecified atom stereocenters. The third-order valence-corrected chi connectivity index (χ3v) is 4.82. The molecule has 2 aromatic rings. The monoisotopic (exact) mass is 361 g/mol. The maximum Gasteiger partial charge on any atom is 0.348 e. The number of carbonyl (C=O) groups excluding carboxylic acids is 2. The molecule has 0 aliphatic carbocycles. The van der Waals surface area contributed by atoms with E-state index in [-0.39, 0.29) is 12.5 Å². The van der Waals surface area contributed by atoms with Gasteiger partial charge in [0.15, 0.2) is 6.61 Å². The summed E-state index contributed by atoms with van der Waals surface area (Å²) < 4.78 is 10.3. The number of esters is 1. The van der Waals surface area contributed by atoms with Crippen molar-refractivity contribution >= 4 is 23.2 Å². The first-order valence-corrected chi connectivity index (χ1v) is 9.01. The van der Waals surface area contributed by atoms with Crippen LogP contribution in [0.4, 0.5) is 0 Å². The smallest absolute Gasteiger partial charge is 0.348 e. The van der Waals surface area contributed by atoms with Gasteiger partial charge in [0.1, 0.15) is 10.6 Å². The number of amides is 1.